The maximum atomic E-state index is 12.8. The molecule has 0 N–H and O–H groups in total. The molecule has 2 heterocycles. The lowest BCUT2D eigenvalue weighted by molar-refractivity contribution is 0.0628. The minimum Gasteiger partial charge on any atom is -0.336 e. The number of halogens is 1. The number of aromatic nitrogens is 2. The highest BCUT2D eigenvalue weighted by atomic mass is 35.5. The van der Waals surface area contributed by atoms with Crippen LogP contribution in [0.15, 0.2) is 60.8 Å². The van der Waals surface area contributed by atoms with Gasteiger partial charge in [-0.25, -0.2) is 4.68 Å². The van der Waals surface area contributed by atoms with Crippen molar-refractivity contribution in [2.45, 2.75) is 13.5 Å². The largest absolute Gasteiger partial charge is 0.336 e. The van der Waals surface area contributed by atoms with Gasteiger partial charge in [0.2, 0.25) is 0 Å². The fourth-order valence-corrected chi connectivity index (χ4v) is 3.78. The first kappa shape index (κ1) is 18.7. The quantitative estimate of drug-likeness (QED) is 0.676. The van der Waals surface area contributed by atoms with E-state index in [1.54, 1.807) is 6.20 Å². The molecule has 1 aliphatic rings. The summed E-state index contributed by atoms with van der Waals surface area (Å²) in [6.45, 7) is 6.07. The molecule has 1 saturated heterocycles. The molecule has 1 aliphatic heterocycles. The van der Waals surface area contributed by atoms with Gasteiger partial charge in [0.15, 0.2) is 0 Å². The molecular formula is C22H23ClN4O. The summed E-state index contributed by atoms with van der Waals surface area (Å²) in [5.74, 6) is 0.0890. The number of nitrogens with zero attached hydrogens (tertiary/aromatic N) is 4. The smallest absolute Gasteiger partial charge is 0.253 e. The molecule has 28 heavy (non-hydrogen) atoms. The second-order valence-corrected chi connectivity index (χ2v) is 7.57. The first-order chi connectivity index (χ1) is 13.6. The number of rotatable bonds is 4. The number of carbonyl (C=O) groups is 1. The van der Waals surface area contributed by atoms with Crippen molar-refractivity contribution in [2.24, 2.45) is 0 Å². The van der Waals surface area contributed by atoms with E-state index in [1.165, 1.54) is 5.56 Å². The topological polar surface area (TPSA) is 41.4 Å². The van der Waals surface area contributed by atoms with Crippen LogP contribution in [-0.2, 0) is 6.54 Å². The zero-order valence-electron chi connectivity index (χ0n) is 15.9. The van der Waals surface area contributed by atoms with Gasteiger partial charge >= 0.3 is 0 Å². The van der Waals surface area contributed by atoms with Gasteiger partial charge in [-0.15, -0.1) is 0 Å². The summed E-state index contributed by atoms with van der Waals surface area (Å²) in [4.78, 5) is 17.1. The number of benzene rings is 2. The summed E-state index contributed by atoms with van der Waals surface area (Å²) in [5.41, 5.74) is 3.95. The van der Waals surface area contributed by atoms with E-state index in [1.807, 2.05) is 65.0 Å². The summed E-state index contributed by atoms with van der Waals surface area (Å²) in [6, 6.07) is 17.6. The third-order valence-electron chi connectivity index (χ3n) is 5.15. The fourth-order valence-electron chi connectivity index (χ4n) is 3.57. The van der Waals surface area contributed by atoms with Crippen LogP contribution in [0.5, 0.6) is 0 Å². The summed E-state index contributed by atoms with van der Waals surface area (Å²) in [6.07, 6.45) is 1.78. The van der Waals surface area contributed by atoms with Gasteiger partial charge in [-0.05, 0) is 55.0 Å². The Morgan fingerprint density at radius 1 is 1.04 bits per heavy atom. The molecule has 1 amide bonds. The van der Waals surface area contributed by atoms with Crippen LogP contribution in [0.25, 0.3) is 5.69 Å². The zero-order valence-corrected chi connectivity index (χ0v) is 16.6. The van der Waals surface area contributed by atoms with Crippen molar-refractivity contribution in [3.8, 4) is 5.69 Å². The van der Waals surface area contributed by atoms with Gasteiger partial charge in [0.25, 0.3) is 5.91 Å². The first-order valence-corrected chi connectivity index (χ1v) is 9.85. The molecule has 1 aromatic heterocycles. The molecule has 3 aromatic rings. The standard InChI is InChI=1S/C22H23ClN4O/c1-17-9-10-24-27(17)21-7-5-19(6-8-21)22(28)26-13-11-25(12-14-26)16-18-3-2-4-20(23)15-18/h2-10,15H,11-14,16H2,1H3. The second kappa shape index (κ2) is 8.17. The van der Waals surface area contributed by atoms with Crippen LogP contribution in [0.3, 0.4) is 0 Å². The highest BCUT2D eigenvalue weighted by Crippen LogP contribution is 2.16. The lowest BCUT2D eigenvalue weighted by Gasteiger charge is -2.34. The normalized spacial score (nSPS) is 15.0. The first-order valence-electron chi connectivity index (χ1n) is 9.47. The molecule has 0 radical (unpaired) electrons. The molecule has 4 rings (SSSR count). The second-order valence-electron chi connectivity index (χ2n) is 7.13. The van der Waals surface area contributed by atoms with Gasteiger partial charge in [0.05, 0.1) is 5.69 Å². The summed E-state index contributed by atoms with van der Waals surface area (Å²) < 4.78 is 1.86. The van der Waals surface area contributed by atoms with E-state index in [2.05, 4.69) is 16.1 Å². The lowest BCUT2D eigenvalue weighted by atomic mass is 10.1. The van der Waals surface area contributed by atoms with E-state index in [9.17, 15) is 4.79 Å². The lowest BCUT2D eigenvalue weighted by Crippen LogP contribution is -2.48. The third-order valence-corrected chi connectivity index (χ3v) is 5.38. The minimum absolute atomic E-state index is 0.0890. The van der Waals surface area contributed by atoms with Gasteiger partial charge < -0.3 is 4.90 Å². The predicted octanol–water partition coefficient (Wildman–Crippen LogP) is 3.79. The number of amides is 1. The molecule has 144 valence electrons. The number of piperazine rings is 1. The van der Waals surface area contributed by atoms with Crippen molar-refractivity contribution < 1.29 is 4.79 Å². The van der Waals surface area contributed by atoms with Gasteiger partial charge in [-0.2, -0.15) is 5.10 Å². The maximum Gasteiger partial charge on any atom is 0.253 e. The molecule has 2 aromatic carbocycles. The number of hydrogen-bond acceptors (Lipinski definition) is 3. The molecule has 0 unspecified atom stereocenters. The van der Waals surface area contributed by atoms with Gasteiger partial charge in [-0.1, -0.05) is 23.7 Å². The van der Waals surface area contributed by atoms with Crippen molar-refractivity contribution in [3.05, 3.63) is 82.6 Å². The molecular weight excluding hydrogens is 372 g/mol. The van der Waals surface area contributed by atoms with Gasteiger partial charge in [0, 0.05) is 55.2 Å². The van der Waals surface area contributed by atoms with Crippen molar-refractivity contribution in [3.63, 3.8) is 0 Å². The molecule has 0 spiro atoms. The third kappa shape index (κ3) is 4.11. The van der Waals surface area contributed by atoms with E-state index in [0.29, 0.717) is 0 Å². The van der Waals surface area contributed by atoms with Crippen LogP contribution in [0.2, 0.25) is 5.02 Å². The fraction of sp³-hybridized carbons (Fsp3) is 0.273. The van der Waals surface area contributed by atoms with E-state index < -0.39 is 0 Å². The summed E-state index contributed by atoms with van der Waals surface area (Å²) in [5, 5.41) is 5.07. The van der Waals surface area contributed by atoms with Crippen LogP contribution >= 0.6 is 11.6 Å². The average Bonchev–Trinajstić information content (AvgIpc) is 3.14. The van der Waals surface area contributed by atoms with Crippen LogP contribution in [0, 0.1) is 6.92 Å². The van der Waals surface area contributed by atoms with Gasteiger partial charge in [-0.3, -0.25) is 9.69 Å². The van der Waals surface area contributed by atoms with E-state index in [-0.39, 0.29) is 5.91 Å². The van der Waals surface area contributed by atoms with Crippen molar-refractivity contribution >= 4 is 17.5 Å². The van der Waals surface area contributed by atoms with E-state index in [4.69, 9.17) is 11.6 Å². The highest BCUT2D eigenvalue weighted by Gasteiger charge is 2.22. The SMILES string of the molecule is Cc1ccnn1-c1ccc(C(=O)N2CCN(Cc3cccc(Cl)c3)CC2)cc1. The molecule has 0 atom stereocenters. The molecule has 6 heteroatoms. The zero-order chi connectivity index (χ0) is 19.5. The highest BCUT2D eigenvalue weighted by molar-refractivity contribution is 6.30. The molecule has 5 nitrogen and oxygen atoms in total. The molecule has 0 saturated carbocycles. The molecule has 0 bridgehead atoms. The molecule has 0 aliphatic carbocycles. The number of hydrogen-bond donors (Lipinski definition) is 0. The van der Waals surface area contributed by atoms with Crippen LogP contribution in [0.1, 0.15) is 21.6 Å². The Morgan fingerprint density at radius 3 is 2.43 bits per heavy atom. The summed E-state index contributed by atoms with van der Waals surface area (Å²) >= 11 is 6.07. The van der Waals surface area contributed by atoms with Crippen LogP contribution < -0.4 is 0 Å². The Hall–Kier alpha value is -2.63. The maximum absolute atomic E-state index is 12.8. The van der Waals surface area contributed by atoms with Crippen molar-refractivity contribution in [1.82, 2.24) is 19.6 Å². The minimum atomic E-state index is 0.0890. The van der Waals surface area contributed by atoms with Crippen molar-refractivity contribution in [2.75, 3.05) is 26.2 Å². The Bertz CT molecular complexity index is 959. The Morgan fingerprint density at radius 2 is 1.79 bits per heavy atom. The van der Waals surface area contributed by atoms with Crippen molar-refractivity contribution in [1.29, 1.82) is 0 Å². The Balaban J connectivity index is 1.35. The molecule has 1 fully saturated rings. The number of aryl methyl sites for hydroxylation is 1. The monoisotopic (exact) mass is 394 g/mol. The summed E-state index contributed by atoms with van der Waals surface area (Å²) in [7, 11) is 0. The van der Waals surface area contributed by atoms with Crippen LogP contribution in [-0.4, -0.2) is 51.7 Å². The van der Waals surface area contributed by atoms with Crippen LogP contribution in [0.4, 0.5) is 0 Å². The van der Waals surface area contributed by atoms with E-state index >= 15 is 0 Å². The van der Waals surface area contributed by atoms with Gasteiger partial charge in [0.1, 0.15) is 0 Å². The van der Waals surface area contributed by atoms with E-state index in [0.717, 1.165) is 54.7 Å². The Labute approximate surface area is 170 Å². The Kier molecular flexibility index (Phi) is 5.46. The number of carbonyl (C=O) groups excluding carboxylic acids is 1. The predicted molar refractivity (Wildman–Crippen MR) is 111 cm³/mol. The average molecular weight is 395 g/mol.